The van der Waals surface area contributed by atoms with E-state index in [2.05, 4.69) is 30.3 Å². The molecule has 2 aromatic rings. The molecule has 0 bridgehead atoms. The van der Waals surface area contributed by atoms with E-state index in [9.17, 15) is 8.42 Å². The first-order valence-corrected chi connectivity index (χ1v) is 10.4. The van der Waals surface area contributed by atoms with Gasteiger partial charge in [0.25, 0.3) is 0 Å². The van der Waals surface area contributed by atoms with Gasteiger partial charge in [-0.2, -0.15) is 4.31 Å². The topological polar surface area (TPSA) is 37.1 Å². The first kappa shape index (κ1) is 16.6. The minimum atomic E-state index is -3.39. The molecule has 2 aromatic carbocycles. The molecule has 25 heavy (non-hydrogen) atoms. The quantitative estimate of drug-likeness (QED) is 0.747. The second kappa shape index (κ2) is 6.43. The number of benzene rings is 2. The summed E-state index contributed by atoms with van der Waals surface area (Å²) < 4.78 is 27.0. The van der Waals surface area contributed by atoms with E-state index >= 15 is 0 Å². The van der Waals surface area contributed by atoms with Crippen molar-refractivity contribution in [2.24, 2.45) is 0 Å². The predicted octanol–water partition coefficient (Wildman–Crippen LogP) is 4.70. The van der Waals surface area contributed by atoms with Gasteiger partial charge in [0.05, 0.1) is 10.9 Å². The largest absolute Gasteiger partial charge is 0.243 e. The van der Waals surface area contributed by atoms with E-state index in [0.29, 0.717) is 11.4 Å². The summed E-state index contributed by atoms with van der Waals surface area (Å²) in [7, 11) is -3.39. The second-order valence-corrected chi connectivity index (χ2v) is 8.89. The van der Waals surface area contributed by atoms with Crippen molar-refractivity contribution in [1.29, 1.82) is 0 Å². The lowest BCUT2D eigenvalue weighted by molar-refractivity contribution is 0.554. The smallest absolute Gasteiger partial charge is 0.207 e. The number of nitrogens with zero attached hydrogens (tertiary/aromatic N) is 1. The molecule has 2 aliphatic rings. The Labute approximate surface area is 150 Å². The SMILES string of the molecule is Cc1ccc(S(=O)(=O)N2CC2c2ccc(C3=CCCCC3)cc2)cc1. The third kappa shape index (κ3) is 3.29. The molecule has 3 nitrogen and oxygen atoms in total. The third-order valence-electron chi connectivity index (χ3n) is 5.15. The zero-order chi connectivity index (χ0) is 17.4. The molecular formula is C21H23NO2S. The third-order valence-corrected chi connectivity index (χ3v) is 7.04. The van der Waals surface area contributed by atoms with Crippen LogP contribution in [0.5, 0.6) is 0 Å². The summed E-state index contributed by atoms with van der Waals surface area (Å²) in [6.07, 6.45) is 7.21. The van der Waals surface area contributed by atoms with Gasteiger partial charge >= 0.3 is 0 Å². The molecule has 0 amide bonds. The highest BCUT2D eigenvalue weighted by Gasteiger charge is 2.45. The maximum atomic E-state index is 12.7. The molecule has 1 heterocycles. The lowest BCUT2D eigenvalue weighted by atomic mass is 9.93. The van der Waals surface area contributed by atoms with Gasteiger partial charge in [-0.1, -0.05) is 48.0 Å². The minimum Gasteiger partial charge on any atom is -0.207 e. The van der Waals surface area contributed by atoms with Crippen LogP contribution >= 0.6 is 0 Å². The molecule has 130 valence electrons. The fourth-order valence-corrected chi connectivity index (χ4v) is 5.07. The summed E-state index contributed by atoms with van der Waals surface area (Å²) in [5.74, 6) is 0. The van der Waals surface area contributed by atoms with E-state index in [0.717, 1.165) is 17.5 Å². The number of aryl methyl sites for hydroxylation is 1. The average molecular weight is 353 g/mol. The number of hydrogen-bond acceptors (Lipinski definition) is 2. The molecule has 4 rings (SSSR count). The van der Waals surface area contributed by atoms with E-state index in [1.807, 2.05) is 19.1 Å². The Morgan fingerprint density at radius 1 is 0.960 bits per heavy atom. The molecule has 1 aliphatic carbocycles. The minimum absolute atomic E-state index is 0.0271. The first-order chi connectivity index (χ1) is 12.1. The molecule has 0 aromatic heterocycles. The summed E-state index contributed by atoms with van der Waals surface area (Å²) in [6.45, 7) is 2.53. The predicted molar refractivity (Wildman–Crippen MR) is 101 cm³/mol. The highest BCUT2D eigenvalue weighted by atomic mass is 32.2. The van der Waals surface area contributed by atoms with Crippen LogP contribution in [0.25, 0.3) is 5.57 Å². The normalized spacial score (nSPS) is 23.2. The fourth-order valence-electron chi connectivity index (χ4n) is 3.53. The van der Waals surface area contributed by atoms with Crippen LogP contribution in [0.15, 0.2) is 59.5 Å². The monoisotopic (exact) mass is 353 g/mol. The van der Waals surface area contributed by atoms with Gasteiger partial charge in [0.2, 0.25) is 10.0 Å². The molecule has 1 fully saturated rings. The Bertz CT molecular complexity index is 896. The van der Waals surface area contributed by atoms with Crippen molar-refractivity contribution >= 4 is 15.6 Å². The van der Waals surface area contributed by atoms with Crippen molar-refractivity contribution in [3.8, 4) is 0 Å². The van der Waals surface area contributed by atoms with Crippen molar-refractivity contribution in [3.05, 3.63) is 71.3 Å². The van der Waals surface area contributed by atoms with Gasteiger partial charge in [0.15, 0.2) is 0 Å². The molecular weight excluding hydrogens is 330 g/mol. The van der Waals surface area contributed by atoms with Crippen LogP contribution in [0.1, 0.15) is 48.4 Å². The highest BCUT2D eigenvalue weighted by Crippen LogP contribution is 2.40. The van der Waals surface area contributed by atoms with Crippen LogP contribution < -0.4 is 0 Å². The van der Waals surface area contributed by atoms with E-state index < -0.39 is 10.0 Å². The Morgan fingerprint density at radius 3 is 2.32 bits per heavy atom. The summed E-state index contributed by atoms with van der Waals surface area (Å²) in [5.41, 5.74) is 4.85. The van der Waals surface area contributed by atoms with Gasteiger partial charge in [-0.05, 0) is 61.4 Å². The summed E-state index contributed by atoms with van der Waals surface area (Å²) >= 11 is 0. The molecule has 0 N–H and O–H groups in total. The van der Waals surface area contributed by atoms with Gasteiger partial charge in [-0.3, -0.25) is 0 Å². The van der Waals surface area contributed by atoms with Crippen LogP contribution in [-0.2, 0) is 10.0 Å². The standard InChI is InChI=1S/C21H23NO2S/c1-16-7-13-20(14-8-16)25(23,24)22-15-21(22)19-11-9-18(10-12-19)17-5-3-2-4-6-17/h5,7-14,21H,2-4,6,15H2,1H3. The Hall–Kier alpha value is -1.91. The molecule has 1 saturated heterocycles. The molecule has 0 spiro atoms. The fraction of sp³-hybridized carbons (Fsp3) is 0.333. The van der Waals surface area contributed by atoms with E-state index in [4.69, 9.17) is 0 Å². The van der Waals surface area contributed by atoms with Gasteiger partial charge in [0.1, 0.15) is 0 Å². The number of hydrogen-bond donors (Lipinski definition) is 0. The summed E-state index contributed by atoms with van der Waals surface area (Å²) in [5, 5.41) is 0. The van der Waals surface area contributed by atoms with Gasteiger partial charge in [-0.25, -0.2) is 8.42 Å². The number of allylic oxidation sites excluding steroid dienone is 2. The van der Waals surface area contributed by atoms with Crippen LogP contribution in [-0.4, -0.2) is 19.3 Å². The lowest BCUT2D eigenvalue weighted by Crippen LogP contribution is -2.12. The zero-order valence-electron chi connectivity index (χ0n) is 14.5. The molecule has 0 saturated carbocycles. The average Bonchev–Trinajstić information content (AvgIpc) is 3.45. The van der Waals surface area contributed by atoms with Gasteiger partial charge in [-0.15, -0.1) is 0 Å². The van der Waals surface area contributed by atoms with Crippen molar-refractivity contribution in [2.45, 2.75) is 43.5 Å². The van der Waals surface area contributed by atoms with Crippen LogP contribution in [0, 0.1) is 6.92 Å². The lowest BCUT2D eigenvalue weighted by Gasteiger charge is -2.13. The van der Waals surface area contributed by atoms with Gasteiger partial charge < -0.3 is 0 Å². The zero-order valence-corrected chi connectivity index (χ0v) is 15.3. The molecule has 4 heteroatoms. The van der Waals surface area contributed by atoms with E-state index in [-0.39, 0.29) is 6.04 Å². The van der Waals surface area contributed by atoms with Crippen LogP contribution in [0.3, 0.4) is 0 Å². The van der Waals surface area contributed by atoms with Crippen LogP contribution in [0.2, 0.25) is 0 Å². The number of rotatable bonds is 4. The first-order valence-electron chi connectivity index (χ1n) is 8.93. The van der Waals surface area contributed by atoms with Crippen molar-refractivity contribution < 1.29 is 8.42 Å². The maximum Gasteiger partial charge on any atom is 0.243 e. The van der Waals surface area contributed by atoms with Crippen molar-refractivity contribution in [3.63, 3.8) is 0 Å². The Kier molecular flexibility index (Phi) is 4.26. The Balaban J connectivity index is 1.51. The molecule has 2 atom stereocenters. The van der Waals surface area contributed by atoms with E-state index in [1.165, 1.54) is 30.4 Å². The Morgan fingerprint density at radius 2 is 1.68 bits per heavy atom. The highest BCUT2D eigenvalue weighted by molar-refractivity contribution is 7.89. The molecule has 2 unspecified atom stereocenters. The van der Waals surface area contributed by atoms with E-state index in [1.54, 1.807) is 16.4 Å². The molecule has 0 radical (unpaired) electrons. The summed E-state index contributed by atoms with van der Waals surface area (Å²) in [4.78, 5) is 0.379. The second-order valence-electron chi connectivity index (χ2n) is 7.00. The maximum absolute atomic E-state index is 12.7. The summed E-state index contributed by atoms with van der Waals surface area (Å²) in [6, 6.07) is 15.5. The van der Waals surface area contributed by atoms with Crippen molar-refractivity contribution in [2.75, 3.05) is 6.54 Å². The number of sulfonamides is 1. The van der Waals surface area contributed by atoms with Crippen molar-refractivity contribution in [1.82, 2.24) is 4.31 Å². The van der Waals surface area contributed by atoms with Crippen LogP contribution in [0.4, 0.5) is 0 Å². The molecule has 1 aliphatic heterocycles. The van der Waals surface area contributed by atoms with Gasteiger partial charge in [0, 0.05) is 6.54 Å².